The lowest BCUT2D eigenvalue weighted by molar-refractivity contribution is 0.0506. The maximum Gasteiger partial charge on any atom is 0.324 e. The van der Waals surface area contributed by atoms with Crippen molar-refractivity contribution in [2.45, 2.75) is 56.8 Å². The van der Waals surface area contributed by atoms with Crippen LogP contribution in [-0.2, 0) is 9.09 Å². The number of nitrogens with one attached hydrogen (secondary N) is 1. The maximum atomic E-state index is 14.1. The monoisotopic (exact) mass is 453 g/mol. The Labute approximate surface area is 182 Å². The maximum absolute atomic E-state index is 14.1. The molecule has 0 radical (unpaired) electrons. The van der Waals surface area contributed by atoms with Crippen molar-refractivity contribution in [3.8, 4) is 0 Å². The van der Waals surface area contributed by atoms with E-state index in [1.807, 2.05) is 30.3 Å². The first-order valence-corrected chi connectivity index (χ1v) is 12.9. The summed E-state index contributed by atoms with van der Waals surface area (Å²) in [6.07, 6.45) is 3.01. The van der Waals surface area contributed by atoms with Crippen molar-refractivity contribution >= 4 is 30.3 Å². The molecule has 1 aliphatic carbocycles. The number of halogens is 2. The van der Waals surface area contributed by atoms with E-state index < -0.39 is 13.3 Å². The Balaban J connectivity index is 1.87. The van der Waals surface area contributed by atoms with Gasteiger partial charge in [-0.05, 0) is 67.0 Å². The third kappa shape index (κ3) is 6.09. The van der Waals surface area contributed by atoms with Crippen LogP contribution in [0.1, 0.15) is 40.0 Å². The van der Waals surface area contributed by atoms with Crippen molar-refractivity contribution < 1.29 is 17.9 Å². The van der Waals surface area contributed by atoms with Crippen LogP contribution >= 0.6 is 19.3 Å². The number of alkyl halides is 2. The minimum atomic E-state index is -3.41. The van der Waals surface area contributed by atoms with Gasteiger partial charge in [0, 0.05) is 10.6 Å². The van der Waals surface area contributed by atoms with Crippen LogP contribution in [-0.4, -0.2) is 11.9 Å². The zero-order chi connectivity index (χ0) is 21.7. The van der Waals surface area contributed by atoms with E-state index in [1.54, 1.807) is 24.3 Å². The van der Waals surface area contributed by atoms with Crippen LogP contribution in [0.25, 0.3) is 0 Å². The molecule has 1 saturated carbocycles. The Morgan fingerprint density at radius 2 is 1.73 bits per heavy atom. The fraction of sp³-hybridized carbons (Fsp3) is 0.478. The van der Waals surface area contributed by atoms with Crippen molar-refractivity contribution in [2.24, 2.45) is 17.8 Å². The van der Waals surface area contributed by atoms with Crippen molar-refractivity contribution in [3.05, 3.63) is 54.6 Å². The molecule has 3 rings (SSSR count). The quantitative estimate of drug-likeness (QED) is 0.334. The van der Waals surface area contributed by atoms with E-state index in [2.05, 4.69) is 25.9 Å². The molecule has 0 saturated heterocycles. The molecular weight excluding hydrogens is 423 g/mol. The fourth-order valence-electron chi connectivity index (χ4n) is 4.08. The molecule has 0 spiro atoms. The van der Waals surface area contributed by atoms with Gasteiger partial charge in [-0.15, -0.1) is 0 Å². The van der Waals surface area contributed by atoms with E-state index in [9.17, 15) is 13.3 Å². The largest absolute Gasteiger partial charge is 0.324 e. The lowest BCUT2D eigenvalue weighted by Crippen LogP contribution is -2.35. The van der Waals surface area contributed by atoms with Crippen molar-refractivity contribution in [3.63, 3.8) is 0 Å². The van der Waals surface area contributed by atoms with E-state index in [-0.39, 0.29) is 6.10 Å². The molecule has 2 aromatic rings. The summed E-state index contributed by atoms with van der Waals surface area (Å²) < 4.78 is 45.7. The van der Waals surface area contributed by atoms with Crippen LogP contribution in [0.3, 0.4) is 0 Å². The minimum absolute atomic E-state index is 0.0963. The number of thioether (sulfide) groups is 1. The van der Waals surface area contributed by atoms with Gasteiger partial charge in [0.15, 0.2) is 0 Å². The van der Waals surface area contributed by atoms with E-state index in [4.69, 9.17) is 4.52 Å². The smallest absolute Gasteiger partial charge is 0.312 e. The van der Waals surface area contributed by atoms with Gasteiger partial charge < -0.3 is 9.61 Å². The first-order valence-electron chi connectivity index (χ1n) is 10.4. The number of rotatable bonds is 8. The molecule has 30 heavy (non-hydrogen) atoms. The molecular formula is C23H30F2NO2PS. The van der Waals surface area contributed by atoms with E-state index in [0.29, 0.717) is 45.4 Å². The zero-order valence-electron chi connectivity index (χ0n) is 17.6. The van der Waals surface area contributed by atoms with Crippen LogP contribution in [0, 0.1) is 17.8 Å². The van der Waals surface area contributed by atoms with Gasteiger partial charge in [0.1, 0.15) is 0 Å². The average Bonchev–Trinajstić information content (AvgIpc) is 2.69. The van der Waals surface area contributed by atoms with Gasteiger partial charge in [-0.1, -0.05) is 57.2 Å². The fourth-order valence-corrected chi connectivity index (χ4v) is 6.56. The highest BCUT2D eigenvalue weighted by Crippen LogP contribution is 2.51. The average molecular weight is 454 g/mol. The van der Waals surface area contributed by atoms with Gasteiger partial charge in [-0.3, -0.25) is 4.57 Å². The second-order valence-corrected chi connectivity index (χ2v) is 11.5. The number of benzene rings is 2. The predicted molar refractivity (Wildman–Crippen MR) is 122 cm³/mol. The highest BCUT2D eigenvalue weighted by molar-refractivity contribution is 7.99. The molecule has 7 heteroatoms. The van der Waals surface area contributed by atoms with Crippen LogP contribution < -0.4 is 10.4 Å². The molecule has 1 fully saturated rings. The van der Waals surface area contributed by atoms with Gasteiger partial charge >= 0.3 is 7.52 Å². The van der Waals surface area contributed by atoms with Gasteiger partial charge in [0.2, 0.25) is 0 Å². The summed E-state index contributed by atoms with van der Waals surface area (Å²) in [6.45, 7) is 6.60. The Bertz CT molecular complexity index is 848. The predicted octanol–water partition coefficient (Wildman–Crippen LogP) is 7.41. The van der Waals surface area contributed by atoms with E-state index >= 15 is 0 Å². The highest BCUT2D eigenvalue weighted by atomic mass is 32.2. The molecule has 1 aliphatic rings. The lowest BCUT2D eigenvalue weighted by atomic mass is 9.75. The summed E-state index contributed by atoms with van der Waals surface area (Å²) in [6, 6.07) is 15.8. The highest BCUT2D eigenvalue weighted by Gasteiger charge is 2.38. The van der Waals surface area contributed by atoms with Crippen LogP contribution in [0.4, 0.5) is 14.5 Å². The van der Waals surface area contributed by atoms with Crippen molar-refractivity contribution in [1.82, 2.24) is 0 Å². The summed E-state index contributed by atoms with van der Waals surface area (Å²) in [4.78, 5) is 0.465. The Hall–Kier alpha value is -1.36. The first-order chi connectivity index (χ1) is 14.3. The Kier molecular flexibility index (Phi) is 8.00. The second kappa shape index (κ2) is 10.3. The van der Waals surface area contributed by atoms with Crippen LogP contribution in [0.2, 0.25) is 0 Å². The standard InChI is InChI=1S/C23H30F2NO2PS/c1-16(2)21-14-9-17(3)15-22(21)28-29(27,19-7-5-4-6-8-19)26-18-10-12-20(13-11-18)30-23(24)25/h4-8,10-13,16-17,21-23H,9,14-15H2,1-3H3,(H,26,27). The van der Waals surface area contributed by atoms with Gasteiger partial charge in [-0.2, -0.15) is 8.78 Å². The molecule has 0 bridgehead atoms. The number of anilines is 1. The number of hydrogen-bond donors (Lipinski definition) is 1. The number of hydrogen-bond acceptors (Lipinski definition) is 3. The minimum Gasteiger partial charge on any atom is -0.312 e. The van der Waals surface area contributed by atoms with Crippen LogP contribution in [0.15, 0.2) is 59.5 Å². The van der Waals surface area contributed by atoms with Gasteiger partial charge in [0.05, 0.1) is 11.4 Å². The molecule has 3 nitrogen and oxygen atoms in total. The third-order valence-electron chi connectivity index (χ3n) is 5.70. The molecule has 4 atom stereocenters. The van der Waals surface area contributed by atoms with Crippen molar-refractivity contribution in [1.29, 1.82) is 0 Å². The van der Waals surface area contributed by atoms with E-state index in [0.717, 1.165) is 19.3 Å². The molecule has 1 N–H and O–H groups in total. The van der Waals surface area contributed by atoms with Gasteiger partial charge in [0.25, 0.3) is 5.76 Å². The van der Waals surface area contributed by atoms with Crippen molar-refractivity contribution in [2.75, 3.05) is 5.09 Å². The van der Waals surface area contributed by atoms with E-state index in [1.165, 1.54) is 0 Å². The summed E-state index contributed by atoms with van der Waals surface area (Å²) in [5.74, 6) is -1.15. The SMILES string of the molecule is CC1CCC(C(C)C)C(OP(=O)(Nc2ccc(SC(F)F)cc2)c2ccccc2)C1. The molecule has 0 amide bonds. The summed E-state index contributed by atoms with van der Waals surface area (Å²) in [5, 5.41) is 3.72. The third-order valence-corrected chi connectivity index (χ3v) is 8.52. The molecule has 0 heterocycles. The molecule has 164 valence electrons. The first kappa shape index (κ1) is 23.3. The normalized spacial score (nSPS) is 24.0. The summed E-state index contributed by atoms with van der Waals surface area (Å²) in [5.41, 5.74) is 0.589. The van der Waals surface area contributed by atoms with Gasteiger partial charge in [-0.25, -0.2) is 0 Å². The summed E-state index contributed by atoms with van der Waals surface area (Å²) in [7, 11) is -3.41. The molecule has 0 aromatic heterocycles. The summed E-state index contributed by atoms with van der Waals surface area (Å²) >= 11 is 0.492. The zero-order valence-corrected chi connectivity index (χ0v) is 19.3. The topological polar surface area (TPSA) is 38.3 Å². The lowest BCUT2D eigenvalue weighted by Gasteiger charge is -2.39. The Morgan fingerprint density at radius 1 is 1.07 bits per heavy atom. The molecule has 0 aliphatic heterocycles. The Morgan fingerprint density at radius 3 is 2.33 bits per heavy atom. The van der Waals surface area contributed by atoms with Crippen LogP contribution in [0.5, 0.6) is 0 Å². The molecule has 2 aromatic carbocycles. The molecule has 4 unspecified atom stereocenters. The second-order valence-electron chi connectivity index (χ2n) is 8.37.